The lowest BCUT2D eigenvalue weighted by Crippen LogP contribution is -2.27. The Hall–Kier alpha value is -4.58. The molecule has 6 heteroatoms. The number of benzene rings is 4. The molecule has 0 aromatic heterocycles. The van der Waals surface area contributed by atoms with Gasteiger partial charge in [0.2, 0.25) is 0 Å². The fourth-order valence-electron chi connectivity index (χ4n) is 6.28. The Morgan fingerprint density at radius 3 is 1.12 bits per heavy atom. The summed E-state index contributed by atoms with van der Waals surface area (Å²) in [6.45, 7) is 1.77. The van der Waals surface area contributed by atoms with E-state index >= 15 is 0 Å². The van der Waals surface area contributed by atoms with Crippen LogP contribution in [0.4, 0.5) is 9.59 Å². The summed E-state index contributed by atoms with van der Waals surface area (Å²) in [6, 6.07) is 33.3. The molecule has 0 radical (unpaired) electrons. The van der Waals surface area contributed by atoms with Crippen molar-refractivity contribution in [2.45, 2.75) is 37.5 Å². The number of hydrogen-bond acceptors (Lipinski definition) is 4. The van der Waals surface area contributed by atoms with E-state index < -0.39 is 0 Å². The lowest BCUT2D eigenvalue weighted by molar-refractivity contribution is 0.141. The second-order valence-electron chi connectivity index (χ2n) is 10.9. The number of fused-ring (bicyclic) bond motifs is 6. The van der Waals surface area contributed by atoms with Crippen molar-refractivity contribution in [1.29, 1.82) is 0 Å². The average molecular weight is 561 g/mol. The van der Waals surface area contributed by atoms with Crippen molar-refractivity contribution in [2.24, 2.45) is 0 Å². The Labute approximate surface area is 247 Å². The minimum absolute atomic E-state index is 0.0622. The zero-order valence-electron chi connectivity index (χ0n) is 23.7. The molecule has 0 atom stereocenters. The van der Waals surface area contributed by atoms with Crippen molar-refractivity contribution in [3.63, 3.8) is 0 Å². The van der Waals surface area contributed by atoms with Gasteiger partial charge in [-0.1, -0.05) is 110 Å². The average Bonchev–Trinajstić information content (AvgIpc) is 3.53. The Kier molecular flexibility index (Phi) is 8.50. The fraction of sp³-hybridized carbons (Fsp3) is 0.278. The molecule has 6 rings (SSSR count). The zero-order valence-corrected chi connectivity index (χ0v) is 23.7. The third-order valence-electron chi connectivity index (χ3n) is 8.33. The maximum atomic E-state index is 12.3. The van der Waals surface area contributed by atoms with Gasteiger partial charge < -0.3 is 20.1 Å². The Morgan fingerprint density at radius 2 is 0.786 bits per heavy atom. The third-order valence-corrected chi connectivity index (χ3v) is 8.33. The molecule has 0 saturated heterocycles. The molecule has 4 aromatic carbocycles. The molecule has 0 saturated carbocycles. The van der Waals surface area contributed by atoms with Gasteiger partial charge in [0, 0.05) is 24.9 Å². The Balaban J connectivity index is 0.840. The molecule has 0 bridgehead atoms. The molecule has 0 fully saturated rings. The molecule has 42 heavy (non-hydrogen) atoms. The highest BCUT2D eigenvalue weighted by Crippen LogP contribution is 2.45. The summed E-state index contributed by atoms with van der Waals surface area (Å²) in [6.07, 6.45) is 2.86. The van der Waals surface area contributed by atoms with Crippen LogP contribution in [0.5, 0.6) is 0 Å². The molecule has 6 nitrogen and oxygen atoms in total. The summed E-state index contributed by atoms with van der Waals surface area (Å²) >= 11 is 0. The standard InChI is InChI=1S/C36H36N2O4/c39-35(41-23-33-29-17-7-3-13-25(29)26-14-4-8-18-30(26)33)37-21-11-1-2-12-22-38-36(40)42-24-34-31-19-9-5-15-27(31)28-16-6-10-20-32(28)34/h3-10,13-20,33-34H,1-2,11-12,21-24H2,(H,37,39)(H,38,40). The Bertz CT molecular complexity index is 1360. The first-order valence-electron chi connectivity index (χ1n) is 14.9. The van der Waals surface area contributed by atoms with Gasteiger partial charge in [-0.15, -0.1) is 0 Å². The number of unbranched alkanes of at least 4 members (excludes halogenated alkanes) is 3. The molecule has 0 aliphatic heterocycles. The predicted molar refractivity (Wildman–Crippen MR) is 165 cm³/mol. The minimum atomic E-state index is -0.381. The van der Waals surface area contributed by atoms with E-state index in [-0.39, 0.29) is 24.0 Å². The van der Waals surface area contributed by atoms with Gasteiger partial charge in [0.15, 0.2) is 0 Å². The molecule has 4 aromatic rings. The van der Waals surface area contributed by atoms with Crippen LogP contribution in [0, 0.1) is 0 Å². The summed E-state index contributed by atoms with van der Waals surface area (Å²) in [5, 5.41) is 5.74. The Morgan fingerprint density at radius 1 is 0.476 bits per heavy atom. The minimum Gasteiger partial charge on any atom is -0.449 e. The van der Waals surface area contributed by atoms with Crippen LogP contribution in [-0.2, 0) is 9.47 Å². The maximum absolute atomic E-state index is 12.3. The van der Waals surface area contributed by atoms with Gasteiger partial charge in [0.25, 0.3) is 0 Å². The van der Waals surface area contributed by atoms with Gasteiger partial charge in [-0.2, -0.15) is 0 Å². The summed E-state index contributed by atoms with van der Waals surface area (Å²) in [4.78, 5) is 24.7. The van der Waals surface area contributed by atoms with Crippen molar-refractivity contribution in [3.8, 4) is 22.3 Å². The number of ether oxygens (including phenoxy) is 2. The first-order valence-corrected chi connectivity index (χ1v) is 14.9. The number of nitrogens with one attached hydrogen (secondary N) is 2. The van der Waals surface area contributed by atoms with Crippen LogP contribution in [0.25, 0.3) is 22.3 Å². The maximum Gasteiger partial charge on any atom is 0.407 e. The number of carbonyl (C=O) groups is 2. The van der Waals surface area contributed by atoms with Gasteiger partial charge in [-0.05, 0) is 57.3 Å². The van der Waals surface area contributed by atoms with Crippen LogP contribution in [0.15, 0.2) is 97.1 Å². The van der Waals surface area contributed by atoms with Gasteiger partial charge in [-0.25, -0.2) is 9.59 Å². The molecular formula is C36H36N2O4. The van der Waals surface area contributed by atoms with Gasteiger partial charge in [0.1, 0.15) is 13.2 Å². The van der Waals surface area contributed by atoms with E-state index in [0.717, 1.165) is 25.7 Å². The van der Waals surface area contributed by atoms with E-state index in [1.807, 2.05) is 48.5 Å². The van der Waals surface area contributed by atoms with Gasteiger partial charge in [-0.3, -0.25) is 0 Å². The quantitative estimate of drug-likeness (QED) is 0.185. The lowest BCUT2D eigenvalue weighted by atomic mass is 9.98. The topological polar surface area (TPSA) is 76.7 Å². The van der Waals surface area contributed by atoms with Crippen LogP contribution >= 0.6 is 0 Å². The molecule has 2 aliphatic carbocycles. The fourth-order valence-corrected chi connectivity index (χ4v) is 6.28. The van der Waals surface area contributed by atoms with Gasteiger partial charge in [0.05, 0.1) is 0 Å². The zero-order chi connectivity index (χ0) is 28.7. The van der Waals surface area contributed by atoms with Gasteiger partial charge >= 0.3 is 12.2 Å². The molecule has 0 unspecified atom stereocenters. The van der Waals surface area contributed by atoms with E-state index in [1.54, 1.807) is 0 Å². The van der Waals surface area contributed by atoms with E-state index in [0.29, 0.717) is 26.3 Å². The summed E-state index contributed by atoms with van der Waals surface area (Å²) in [7, 11) is 0. The van der Waals surface area contributed by atoms with Crippen molar-refractivity contribution >= 4 is 12.2 Å². The molecule has 2 amide bonds. The van der Waals surface area contributed by atoms with Crippen LogP contribution in [0.3, 0.4) is 0 Å². The van der Waals surface area contributed by atoms with Crippen molar-refractivity contribution in [3.05, 3.63) is 119 Å². The van der Waals surface area contributed by atoms with E-state index in [9.17, 15) is 9.59 Å². The van der Waals surface area contributed by atoms with Crippen LogP contribution < -0.4 is 10.6 Å². The summed E-state index contributed by atoms with van der Waals surface area (Å²) < 4.78 is 11.2. The van der Waals surface area contributed by atoms with Crippen LogP contribution in [0.1, 0.15) is 59.8 Å². The van der Waals surface area contributed by atoms with Crippen molar-refractivity contribution < 1.29 is 19.1 Å². The second-order valence-corrected chi connectivity index (χ2v) is 10.9. The molecule has 2 N–H and O–H groups in total. The molecule has 0 heterocycles. The first-order chi connectivity index (χ1) is 20.7. The lowest BCUT2D eigenvalue weighted by Gasteiger charge is -2.15. The highest BCUT2D eigenvalue weighted by molar-refractivity contribution is 5.80. The summed E-state index contributed by atoms with van der Waals surface area (Å²) in [5.41, 5.74) is 9.70. The number of rotatable bonds is 11. The molecule has 214 valence electrons. The van der Waals surface area contributed by atoms with Crippen molar-refractivity contribution in [1.82, 2.24) is 10.6 Å². The smallest absolute Gasteiger partial charge is 0.407 e. The monoisotopic (exact) mass is 560 g/mol. The van der Waals surface area contributed by atoms with E-state index in [1.165, 1.54) is 44.5 Å². The van der Waals surface area contributed by atoms with Crippen LogP contribution in [-0.4, -0.2) is 38.5 Å². The number of hydrogen-bond donors (Lipinski definition) is 2. The summed E-state index contributed by atoms with van der Waals surface area (Å²) in [5.74, 6) is 0.124. The second kappa shape index (κ2) is 12.9. The first kappa shape index (κ1) is 27.6. The molecule has 0 spiro atoms. The van der Waals surface area contributed by atoms with E-state index in [2.05, 4.69) is 59.2 Å². The number of amides is 2. The largest absolute Gasteiger partial charge is 0.449 e. The van der Waals surface area contributed by atoms with E-state index in [4.69, 9.17) is 9.47 Å². The third kappa shape index (κ3) is 5.89. The predicted octanol–water partition coefficient (Wildman–Crippen LogP) is 7.62. The highest BCUT2D eigenvalue weighted by atomic mass is 16.6. The van der Waals surface area contributed by atoms with Crippen LogP contribution in [0.2, 0.25) is 0 Å². The normalized spacial score (nSPS) is 13.0. The highest BCUT2D eigenvalue weighted by Gasteiger charge is 2.30. The number of alkyl carbamates (subject to hydrolysis) is 2. The SMILES string of the molecule is O=C(NCCCCCCNC(=O)OCC1c2ccccc2-c2ccccc21)OCC1c2ccccc2-c2ccccc21. The molecule has 2 aliphatic rings. The number of carbonyl (C=O) groups excluding carboxylic acids is 2. The van der Waals surface area contributed by atoms with Crippen molar-refractivity contribution in [2.75, 3.05) is 26.3 Å². The molecular weight excluding hydrogens is 524 g/mol.